The second kappa shape index (κ2) is 45.6. The van der Waals surface area contributed by atoms with Crippen molar-refractivity contribution in [2.75, 3.05) is 13.2 Å². The Kier molecular flexibility index (Phi) is 43.9. The fourth-order valence-electron chi connectivity index (χ4n) is 7.00. The van der Waals surface area contributed by atoms with Crippen LogP contribution < -0.4 is 0 Å². The highest BCUT2D eigenvalue weighted by Gasteiger charge is 2.19. The summed E-state index contributed by atoms with van der Waals surface area (Å²) in [6.45, 7) is 6.60. The van der Waals surface area contributed by atoms with Gasteiger partial charge in [-0.25, -0.2) is 0 Å². The molecular formula is C50H92O6. The van der Waals surface area contributed by atoms with Crippen LogP contribution in [-0.2, 0) is 28.6 Å². The first-order valence-corrected chi connectivity index (χ1v) is 24.3. The van der Waals surface area contributed by atoms with Gasteiger partial charge >= 0.3 is 17.9 Å². The van der Waals surface area contributed by atoms with Crippen LogP contribution in [-0.4, -0.2) is 37.2 Å². The second-order valence-corrected chi connectivity index (χ2v) is 16.4. The van der Waals surface area contributed by atoms with Crippen molar-refractivity contribution in [2.45, 2.75) is 264 Å². The monoisotopic (exact) mass is 789 g/mol. The van der Waals surface area contributed by atoms with E-state index in [0.29, 0.717) is 19.3 Å². The Morgan fingerprint density at radius 1 is 0.357 bits per heavy atom. The number of hydrogen-bond acceptors (Lipinski definition) is 6. The van der Waals surface area contributed by atoms with Crippen LogP contribution in [0.2, 0.25) is 0 Å². The van der Waals surface area contributed by atoms with Crippen LogP contribution in [0, 0.1) is 0 Å². The van der Waals surface area contributed by atoms with E-state index in [4.69, 9.17) is 14.2 Å². The fourth-order valence-corrected chi connectivity index (χ4v) is 7.00. The first-order valence-electron chi connectivity index (χ1n) is 24.3. The molecule has 6 nitrogen and oxygen atoms in total. The molecule has 0 bridgehead atoms. The molecule has 0 spiro atoms. The minimum absolute atomic E-state index is 0.0714. The third kappa shape index (κ3) is 43.0. The van der Waals surface area contributed by atoms with Crippen molar-refractivity contribution in [1.29, 1.82) is 0 Å². The van der Waals surface area contributed by atoms with E-state index >= 15 is 0 Å². The smallest absolute Gasteiger partial charge is 0.306 e. The standard InChI is InChI=1S/C50H92O6/c1-4-7-10-13-16-19-22-24-25-26-29-31-34-37-40-43-49(52)55-46-47(45-54-48(51)42-39-36-33-30-27-21-18-15-12-9-6-3)56-50(53)44-41-38-35-32-28-23-20-17-14-11-8-5-2/h16,19,24-25,47H,4-15,17-18,20-23,26-46H2,1-3H3/b19-16-,25-24-/t47-/m1/s1. The Hall–Kier alpha value is -2.11. The lowest BCUT2D eigenvalue weighted by Crippen LogP contribution is -2.30. The van der Waals surface area contributed by atoms with Gasteiger partial charge in [0.05, 0.1) is 0 Å². The summed E-state index contributed by atoms with van der Waals surface area (Å²) in [6, 6.07) is 0. The lowest BCUT2D eigenvalue weighted by molar-refractivity contribution is -0.167. The molecular weight excluding hydrogens is 697 g/mol. The van der Waals surface area contributed by atoms with Gasteiger partial charge in [-0.15, -0.1) is 0 Å². The van der Waals surface area contributed by atoms with Crippen molar-refractivity contribution < 1.29 is 28.6 Å². The highest BCUT2D eigenvalue weighted by Crippen LogP contribution is 2.15. The van der Waals surface area contributed by atoms with Crippen LogP contribution in [0.5, 0.6) is 0 Å². The van der Waals surface area contributed by atoms with Gasteiger partial charge in [0.15, 0.2) is 6.10 Å². The van der Waals surface area contributed by atoms with Crippen molar-refractivity contribution in [3.05, 3.63) is 24.3 Å². The normalized spacial score (nSPS) is 12.1. The van der Waals surface area contributed by atoms with Gasteiger partial charge in [-0.3, -0.25) is 14.4 Å². The van der Waals surface area contributed by atoms with Crippen LogP contribution in [0.15, 0.2) is 24.3 Å². The van der Waals surface area contributed by atoms with Crippen molar-refractivity contribution in [3.8, 4) is 0 Å². The number of carbonyl (C=O) groups excluding carboxylic acids is 3. The second-order valence-electron chi connectivity index (χ2n) is 16.4. The van der Waals surface area contributed by atoms with Crippen LogP contribution in [0.1, 0.15) is 258 Å². The predicted molar refractivity (Wildman–Crippen MR) is 238 cm³/mol. The number of esters is 3. The summed E-state index contributed by atoms with van der Waals surface area (Å²) in [7, 11) is 0. The quantitative estimate of drug-likeness (QED) is 0.0265. The molecule has 0 fully saturated rings. The minimum Gasteiger partial charge on any atom is -0.462 e. The molecule has 56 heavy (non-hydrogen) atoms. The summed E-state index contributed by atoms with van der Waals surface area (Å²) in [5, 5.41) is 0. The number of unbranched alkanes of at least 4 members (excludes halogenated alkanes) is 29. The van der Waals surface area contributed by atoms with Crippen molar-refractivity contribution in [3.63, 3.8) is 0 Å². The van der Waals surface area contributed by atoms with E-state index in [1.54, 1.807) is 0 Å². The van der Waals surface area contributed by atoms with Gasteiger partial charge in [0.1, 0.15) is 13.2 Å². The molecule has 0 heterocycles. The van der Waals surface area contributed by atoms with Crippen LogP contribution >= 0.6 is 0 Å². The van der Waals surface area contributed by atoms with Gasteiger partial charge in [-0.1, -0.05) is 212 Å². The van der Waals surface area contributed by atoms with Crippen LogP contribution in [0.25, 0.3) is 0 Å². The Labute approximate surface area is 347 Å². The largest absolute Gasteiger partial charge is 0.462 e. The molecule has 0 aromatic carbocycles. The summed E-state index contributed by atoms with van der Waals surface area (Å²) in [5.74, 6) is -0.877. The summed E-state index contributed by atoms with van der Waals surface area (Å²) < 4.78 is 16.7. The number of carbonyl (C=O) groups is 3. The fraction of sp³-hybridized carbons (Fsp3) is 0.860. The van der Waals surface area contributed by atoms with E-state index in [-0.39, 0.29) is 31.1 Å². The molecule has 0 aromatic rings. The molecule has 1 atom stereocenters. The SMILES string of the molecule is CCCCC/C=C\C/C=C\CCCCCCCC(=O)OC[C@@H](COC(=O)CCCCCCCCCCCCC)OC(=O)CCCCCCCCCCCCCC. The summed E-state index contributed by atoms with van der Waals surface area (Å²) in [4.78, 5) is 37.8. The topological polar surface area (TPSA) is 78.9 Å². The van der Waals surface area contributed by atoms with Gasteiger partial charge in [-0.2, -0.15) is 0 Å². The van der Waals surface area contributed by atoms with Gasteiger partial charge in [0, 0.05) is 19.3 Å². The molecule has 6 heteroatoms. The molecule has 0 amide bonds. The number of allylic oxidation sites excluding steroid dienone is 4. The summed E-state index contributed by atoms with van der Waals surface area (Å²) >= 11 is 0. The maximum Gasteiger partial charge on any atom is 0.306 e. The molecule has 0 aromatic heterocycles. The van der Waals surface area contributed by atoms with Crippen molar-refractivity contribution in [2.24, 2.45) is 0 Å². The number of hydrogen-bond donors (Lipinski definition) is 0. The number of rotatable bonds is 44. The Bertz CT molecular complexity index is 911. The van der Waals surface area contributed by atoms with E-state index in [0.717, 1.165) is 77.0 Å². The summed E-state index contributed by atoms with van der Waals surface area (Å²) in [6.07, 6.45) is 50.1. The Morgan fingerprint density at radius 2 is 0.643 bits per heavy atom. The van der Waals surface area contributed by atoms with E-state index in [2.05, 4.69) is 45.1 Å². The first-order chi connectivity index (χ1) is 27.5. The van der Waals surface area contributed by atoms with E-state index in [1.807, 2.05) is 0 Å². The molecule has 328 valence electrons. The van der Waals surface area contributed by atoms with Crippen molar-refractivity contribution >= 4 is 17.9 Å². The molecule has 0 radical (unpaired) electrons. The third-order valence-electron chi connectivity index (χ3n) is 10.7. The molecule has 0 aliphatic rings. The summed E-state index contributed by atoms with van der Waals surface area (Å²) in [5.41, 5.74) is 0. The molecule has 0 aliphatic carbocycles. The van der Waals surface area contributed by atoms with Gasteiger partial charge < -0.3 is 14.2 Å². The van der Waals surface area contributed by atoms with Crippen LogP contribution in [0.3, 0.4) is 0 Å². The average Bonchev–Trinajstić information content (AvgIpc) is 3.19. The number of ether oxygens (including phenoxy) is 3. The lowest BCUT2D eigenvalue weighted by atomic mass is 10.0. The average molecular weight is 789 g/mol. The zero-order chi connectivity index (χ0) is 40.8. The molecule has 0 unspecified atom stereocenters. The molecule has 0 rings (SSSR count). The van der Waals surface area contributed by atoms with E-state index in [1.165, 1.54) is 141 Å². The van der Waals surface area contributed by atoms with Crippen LogP contribution in [0.4, 0.5) is 0 Å². The van der Waals surface area contributed by atoms with E-state index < -0.39 is 6.10 Å². The van der Waals surface area contributed by atoms with Gasteiger partial charge in [0.25, 0.3) is 0 Å². The first kappa shape index (κ1) is 53.9. The van der Waals surface area contributed by atoms with Gasteiger partial charge in [-0.05, 0) is 51.4 Å². The highest BCUT2D eigenvalue weighted by atomic mass is 16.6. The van der Waals surface area contributed by atoms with Crippen molar-refractivity contribution in [1.82, 2.24) is 0 Å². The molecule has 0 aliphatic heterocycles. The molecule has 0 saturated heterocycles. The zero-order valence-corrected chi connectivity index (χ0v) is 37.4. The minimum atomic E-state index is -0.769. The predicted octanol–water partition coefficient (Wildman–Crippen LogP) is 15.6. The maximum absolute atomic E-state index is 12.7. The highest BCUT2D eigenvalue weighted by molar-refractivity contribution is 5.71. The third-order valence-corrected chi connectivity index (χ3v) is 10.7. The lowest BCUT2D eigenvalue weighted by Gasteiger charge is -2.18. The van der Waals surface area contributed by atoms with Gasteiger partial charge in [0.2, 0.25) is 0 Å². The molecule has 0 saturated carbocycles. The Balaban J connectivity index is 4.36. The zero-order valence-electron chi connectivity index (χ0n) is 37.4. The Morgan fingerprint density at radius 3 is 1.02 bits per heavy atom. The molecule has 0 N–H and O–H groups in total. The maximum atomic E-state index is 12.7. The van der Waals surface area contributed by atoms with E-state index in [9.17, 15) is 14.4 Å².